The number of hydrogen-bond acceptors (Lipinski definition) is 2. The average Bonchev–Trinajstić information content (AvgIpc) is 2.58. The van der Waals surface area contributed by atoms with Gasteiger partial charge in [-0.1, -0.05) is 20.8 Å². The van der Waals surface area contributed by atoms with Crippen molar-refractivity contribution < 1.29 is 4.74 Å². The fraction of sp³-hybridized carbons (Fsp3) is 0.818. The van der Waals surface area contributed by atoms with Crippen molar-refractivity contribution in [2.45, 2.75) is 39.7 Å². The molecule has 1 aliphatic heterocycles. The molecule has 13 heavy (non-hydrogen) atoms. The number of rotatable bonds is 4. The smallest absolute Gasteiger partial charge is 0.110 e. The van der Waals surface area contributed by atoms with Gasteiger partial charge < -0.3 is 10.1 Å². The van der Waals surface area contributed by atoms with Gasteiger partial charge in [0.1, 0.15) is 5.76 Å². The van der Waals surface area contributed by atoms with Crippen LogP contribution in [0.15, 0.2) is 11.8 Å². The predicted molar refractivity (Wildman–Crippen MR) is 55.6 cm³/mol. The van der Waals surface area contributed by atoms with E-state index in [-0.39, 0.29) is 5.41 Å². The van der Waals surface area contributed by atoms with Crippen LogP contribution in [0, 0.1) is 5.41 Å². The molecule has 0 amide bonds. The molecule has 1 rings (SSSR count). The van der Waals surface area contributed by atoms with Gasteiger partial charge in [-0.3, -0.25) is 0 Å². The standard InChI is InChI=1S/C11H21NO/c1-5-11(2,3)10(12-4)9-7-6-8-13-9/h7,10,12H,5-6,8H2,1-4H3. The zero-order chi connectivity index (χ0) is 9.90. The summed E-state index contributed by atoms with van der Waals surface area (Å²) >= 11 is 0. The lowest BCUT2D eigenvalue weighted by atomic mass is 9.81. The summed E-state index contributed by atoms with van der Waals surface area (Å²) in [7, 11) is 2.00. The molecule has 1 atom stereocenters. The van der Waals surface area contributed by atoms with Crippen LogP contribution in [0.25, 0.3) is 0 Å². The van der Waals surface area contributed by atoms with E-state index < -0.39 is 0 Å². The summed E-state index contributed by atoms with van der Waals surface area (Å²) in [5.74, 6) is 1.13. The number of ether oxygens (including phenoxy) is 1. The second-order valence-electron chi connectivity index (χ2n) is 4.31. The highest BCUT2D eigenvalue weighted by Crippen LogP contribution is 2.31. The van der Waals surface area contributed by atoms with Crippen molar-refractivity contribution in [2.24, 2.45) is 5.41 Å². The minimum atomic E-state index is 0.269. The molecule has 0 fully saturated rings. The zero-order valence-corrected chi connectivity index (χ0v) is 9.18. The molecule has 0 saturated carbocycles. The summed E-state index contributed by atoms with van der Waals surface area (Å²) in [6.07, 6.45) is 4.42. The van der Waals surface area contributed by atoms with E-state index in [4.69, 9.17) is 4.74 Å². The van der Waals surface area contributed by atoms with Crippen molar-refractivity contribution >= 4 is 0 Å². The maximum atomic E-state index is 5.59. The fourth-order valence-electron chi connectivity index (χ4n) is 1.76. The largest absolute Gasteiger partial charge is 0.496 e. The Morgan fingerprint density at radius 1 is 1.62 bits per heavy atom. The van der Waals surface area contributed by atoms with Gasteiger partial charge in [-0.05, 0) is 25.0 Å². The Kier molecular flexibility index (Phi) is 3.37. The molecule has 0 aliphatic carbocycles. The summed E-state index contributed by atoms with van der Waals surface area (Å²) in [6.45, 7) is 7.63. The SMILES string of the molecule is CCC(C)(C)C(NC)C1=CCCO1. The zero-order valence-electron chi connectivity index (χ0n) is 9.18. The van der Waals surface area contributed by atoms with Crippen LogP contribution in [0.3, 0.4) is 0 Å². The van der Waals surface area contributed by atoms with Gasteiger partial charge in [0.2, 0.25) is 0 Å². The molecule has 0 aromatic heterocycles. The monoisotopic (exact) mass is 183 g/mol. The van der Waals surface area contributed by atoms with Crippen LogP contribution in [0.5, 0.6) is 0 Å². The topological polar surface area (TPSA) is 21.3 Å². The molecule has 1 unspecified atom stereocenters. The highest BCUT2D eigenvalue weighted by atomic mass is 16.5. The Bertz CT molecular complexity index is 196. The van der Waals surface area contributed by atoms with Crippen molar-refractivity contribution in [1.82, 2.24) is 5.32 Å². The summed E-state index contributed by atoms with van der Waals surface area (Å²) in [4.78, 5) is 0. The Hall–Kier alpha value is -0.500. The van der Waals surface area contributed by atoms with Gasteiger partial charge in [0.05, 0.1) is 12.6 Å². The van der Waals surface area contributed by atoms with Crippen molar-refractivity contribution in [2.75, 3.05) is 13.7 Å². The Morgan fingerprint density at radius 2 is 2.31 bits per heavy atom. The molecule has 0 aromatic rings. The molecule has 0 bridgehead atoms. The number of nitrogens with one attached hydrogen (secondary N) is 1. The van der Waals surface area contributed by atoms with E-state index >= 15 is 0 Å². The minimum Gasteiger partial charge on any atom is -0.496 e. The maximum absolute atomic E-state index is 5.59. The van der Waals surface area contributed by atoms with E-state index in [0.29, 0.717) is 6.04 Å². The number of hydrogen-bond donors (Lipinski definition) is 1. The van der Waals surface area contributed by atoms with E-state index in [1.807, 2.05) is 7.05 Å². The second-order valence-corrected chi connectivity index (χ2v) is 4.31. The molecule has 76 valence electrons. The molecule has 1 N–H and O–H groups in total. The summed E-state index contributed by atoms with van der Waals surface area (Å²) in [5.41, 5.74) is 0.269. The lowest BCUT2D eigenvalue weighted by Crippen LogP contribution is -2.41. The van der Waals surface area contributed by atoms with Crippen molar-refractivity contribution in [3.8, 4) is 0 Å². The Morgan fingerprint density at radius 3 is 2.69 bits per heavy atom. The number of likely N-dealkylation sites (N-methyl/N-ethyl adjacent to an activating group) is 1. The lowest BCUT2D eigenvalue weighted by molar-refractivity contribution is 0.159. The maximum Gasteiger partial charge on any atom is 0.110 e. The quantitative estimate of drug-likeness (QED) is 0.722. The Balaban J connectivity index is 2.71. The third-order valence-corrected chi connectivity index (χ3v) is 3.00. The first-order valence-electron chi connectivity index (χ1n) is 5.12. The van der Waals surface area contributed by atoms with E-state index in [2.05, 4.69) is 32.2 Å². The molecule has 2 nitrogen and oxygen atoms in total. The lowest BCUT2D eigenvalue weighted by Gasteiger charge is -2.33. The van der Waals surface area contributed by atoms with Crippen LogP contribution in [0.1, 0.15) is 33.6 Å². The van der Waals surface area contributed by atoms with E-state index in [0.717, 1.165) is 25.2 Å². The van der Waals surface area contributed by atoms with Crippen LogP contribution >= 0.6 is 0 Å². The van der Waals surface area contributed by atoms with Gasteiger partial charge in [-0.25, -0.2) is 0 Å². The molecular formula is C11H21NO. The summed E-state index contributed by atoms with van der Waals surface area (Å²) in [6, 6.07) is 0.361. The normalized spacial score (nSPS) is 19.5. The van der Waals surface area contributed by atoms with Crippen molar-refractivity contribution in [1.29, 1.82) is 0 Å². The van der Waals surface area contributed by atoms with E-state index in [1.165, 1.54) is 0 Å². The van der Waals surface area contributed by atoms with E-state index in [9.17, 15) is 0 Å². The van der Waals surface area contributed by atoms with Crippen LogP contribution < -0.4 is 5.32 Å². The summed E-state index contributed by atoms with van der Waals surface area (Å²) in [5, 5.41) is 3.34. The Labute approximate surface area is 81.4 Å². The second kappa shape index (κ2) is 4.14. The highest BCUT2D eigenvalue weighted by Gasteiger charge is 2.31. The molecule has 2 heteroatoms. The van der Waals surface area contributed by atoms with Gasteiger partial charge in [0.15, 0.2) is 0 Å². The van der Waals surface area contributed by atoms with Crippen LogP contribution in [0.4, 0.5) is 0 Å². The van der Waals surface area contributed by atoms with Crippen LogP contribution in [-0.2, 0) is 4.74 Å². The first-order chi connectivity index (χ1) is 6.11. The van der Waals surface area contributed by atoms with Crippen molar-refractivity contribution in [3.05, 3.63) is 11.8 Å². The third-order valence-electron chi connectivity index (χ3n) is 3.00. The van der Waals surface area contributed by atoms with Crippen molar-refractivity contribution in [3.63, 3.8) is 0 Å². The van der Waals surface area contributed by atoms with Crippen LogP contribution in [-0.4, -0.2) is 19.7 Å². The van der Waals surface area contributed by atoms with Gasteiger partial charge in [-0.2, -0.15) is 0 Å². The third kappa shape index (κ3) is 2.25. The first kappa shape index (κ1) is 10.6. The molecule has 0 spiro atoms. The van der Waals surface area contributed by atoms with Crippen LogP contribution in [0.2, 0.25) is 0 Å². The van der Waals surface area contributed by atoms with Gasteiger partial charge in [-0.15, -0.1) is 0 Å². The minimum absolute atomic E-state index is 0.269. The van der Waals surface area contributed by atoms with Gasteiger partial charge in [0.25, 0.3) is 0 Å². The van der Waals surface area contributed by atoms with Gasteiger partial charge in [0, 0.05) is 6.42 Å². The average molecular weight is 183 g/mol. The predicted octanol–water partition coefficient (Wildman–Crippen LogP) is 2.31. The molecule has 0 aromatic carbocycles. The van der Waals surface area contributed by atoms with Gasteiger partial charge >= 0.3 is 0 Å². The highest BCUT2D eigenvalue weighted by molar-refractivity contribution is 5.11. The fourth-order valence-corrected chi connectivity index (χ4v) is 1.76. The van der Waals surface area contributed by atoms with E-state index in [1.54, 1.807) is 0 Å². The first-order valence-corrected chi connectivity index (χ1v) is 5.12. The molecule has 1 aliphatic rings. The molecular weight excluding hydrogens is 162 g/mol. The molecule has 0 radical (unpaired) electrons. The summed E-state index contributed by atoms with van der Waals surface area (Å²) < 4.78 is 5.59. The molecule has 1 heterocycles. The molecule has 0 saturated heterocycles.